The van der Waals surface area contributed by atoms with Crippen molar-refractivity contribution in [1.82, 2.24) is 0 Å². The third-order valence-corrected chi connectivity index (χ3v) is 5.46. The quantitative estimate of drug-likeness (QED) is 0.758. The van der Waals surface area contributed by atoms with E-state index < -0.39 is 21.2 Å². The number of ether oxygens (including phenoxy) is 1. The highest BCUT2D eigenvalue weighted by Gasteiger charge is 2.60. The molecule has 0 aromatic heterocycles. The maximum absolute atomic E-state index is 12.2. The highest BCUT2D eigenvalue weighted by molar-refractivity contribution is 7.92. The Morgan fingerprint density at radius 2 is 1.94 bits per heavy atom. The van der Waals surface area contributed by atoms with E-state index >= 15 is 0 Å². The van der Waals surface area contributed by atoms with Crippen molar-refractivity contribution in [3.63, 3.8) is 0 Å². The molecule has 4 atom stereocenters. The summed E-state index contributed by atoms with van der Waals surface area (Å²) in [5, 5.41) is 8.94. The lowest BCUT2D eigenvalue weighted by molar-refractivity contribution is 0.132. The smallest absolute Gasteiger partial charge is 0.186 e. The molecule has 0 spiro atoms. The second-order valence-electron chi connectivity index (χ2n) is 4.26. The summed E-state index contributed by atoms with van der Waals surface area (Å²) in [7, 11) is -3.47. The van der Waals surface area contributed by atoms with Crippen molar-refractivity contribution in [2.45, 2.75) is 34.9 Å². The highest BCUT2D eigenvalue weighted by atomic mass is 32.2. The van der Waals surface area contributed by atoms with E-state index in [1.165, 1.54) is 0 Å². The average Bonchev–Trinajstić information content (AvgIpc) is 2.91. The third-order valence-electron chi connectivity index (χ3n) is 3.23. The topological polar surface area (TPSA) is 66.9 Å². The number of sulfone groups is 1. The van der Waals surface area contributed by atoms with Gasteiger partial charge in [-0.3, -0.25) is 0 Å². The number of benzene rings is 1. The minimum Gasteiger partial charge on any atom is -0.392 e. The van der Waals surface area contributed by atoms with Gasteiger partial charge in [0.1, 0.15) is 11.4 Å². The standard InChI is InChI=1S/C11H12O4S/c12-8-6-9-10(15-9)11(8)16(13,14)7-4-2-1-3-5-7/h1-5,8-12H,6H2/t8-,9+,10+,11+/m0/s1. The first-order valence-corrected chi connectivity index (χ1v) is 6.78. The van der Waals surface area contributed by atoms with Crippen molar-refractivity contribution >= 4 is 9.84 Å². The van der Waals surface area contributed by atoms with Gasteiger partial charge in [0.2, 0.25) is 0 Å². The maximum Gasteiger partial charge on any atom is 0.186 e. The van der Waals surface area contributed by atoms with Gasteiger partial charge in [0.05, 0.1) is 17.1 Å². The lowest BCUT2D eigenvalue weighted by atomic mass is 10.3. The van der Waals surface area contributed by atoms with E-state index in [0.29, 0.717) is 6.42 Å². The fourth-order valence-electron chi connectivity index (χ4n) is 2.38. The van der Waals surface area contributed by atoms with Gasteiger partial charge in [-0.05, 0) is 12.1 Å². The van der Waals surface area contributed by atoms with Crippen molar-refractivity contribution in [2.75, 3.05) is 0 Å². The Hall–Kier alpha value is -0.910. The van der Waals surface area contributed by atoms with Crippen molar-refractivity contribution in [3.8, 4) is 0 Å². The summed E-state index contributed by atoms with van der Waals surface area (Å²) >= 11 is 0. The molecular formula is C11H12O4S. The molecule has 16 heavy (non-hydrogen) atoms. The maximum atomic E-state index is 12.2. The fourth-order valence-corrected chi connectivity index (χ4v) is 4.34. The summed E-state index contributed by atoms with van der Waals surface area (Å²) in [6.07, 6.45) is -0.728. The predicted molar refractivity (Wildman–Crippen MR) is 56.7 cm³/mol. The second-order valence-corrected chi connectivity index (χ2v) is 6.37. The van der Waals surface area contributed by atoms with Crippen LogP contribution in [0.15, 0.2) is 35.2 Å². The molecule has 1 N–H and O–H groups in total. The van der Waals surface area contributed by atoms with Gasteiger partial charge in [-0.1, -0.05) is 18.2 Å². The molecule has 0 radical (unpaired) electrons. The van der Waals surface area contributed by atoms with Gasteiger partial charge in [0, 0.05) is 6.42 Å². The van der Waals surface area contributed by atoms with Crippen molar-refractivity contribution in [3.05, 3.63) is 30.3 Å². The lowest BCUT2D eigenvalue weighted by Gasteiger charge is -2.17. The van der Waals surface area contributed by atoms with E-state index in [4.69, 9.17) is 4.74 Å². The van der Waals surface area contributed by atoms with E-state index in [-0.39, 0.29) is 17.1 Å². The molecule has 1 aromatic carbocycles. The first-order valence-electron chi connectivity index (χ1n) is 5.23. The molecule has 3 rings (SSSR count). The van der Waals surface area contributed by atoms with Crippen LogP contribution in [-0.4, -0.2) is 37.1 Å². The molecule has 4 nitrogen and oxygen atoms in total. The fraction of sp³-hybridized carbons (Fsp3) is 0.455. The van der Waals surface area contributed by atoms with Crippen molar-refractivity contribution < 1.29 is 18.3 Å². The molecule has 86 valence electrons. The molecule has 1 saturated heterocycles. The van der Waals surface area contributed by atoms with Crippen molar-refractivity contribution in [1.29, 1.82) is 0 Å². The van der Waals surface area contributed by atoms with E-state index in [9.17, 15) is 13.5 Å². The van der Waals surface area contributed by atoms with Gasteiger partial charge < -0.3 is 9.84 Å². The Morgan fingerprint density at radius 1 is 1.25 bits per heavy atom. The number of fused-ring (bicyclic) bond motifs is 1. The monoisotopic (exact) mass is 240 g/mol. The van der Waals surface area contributed by atoms with Gasteiger partial charge in [0.25, 0.3) is 0 Å². The van der Waals surface area contributed by atoms with Crippen LogP contribution in [0.3, 0.4) is 0 Å². The van der Waals surface area contributed by atoms with Gasteiger partial charge in [-0.25, -0.2) is 8.42 Å². The van der Waals surface area contributed by atoms with Gasteiger partial charge in [-0.2, -0.15) is 0 Å². The molecule has 1 aliphatic heterocycles. The van der Waals surface area contributed by atoms with E-state index in [2.05, 4.69) is 0 Å². The SMILES string of the molecule is O=S(=O)(c1ccccc1)[C@H]1[C@@H]2O[C@@H]2C[C@@H]1O. The van der Waals surface area contributed by atoms with Gasteiger partial charge in [-0.15, -0.1) is 0 Å². The van der Waals surface area contributed by atoms with Crippen LogP contribution in [0, 0.1) is 0 Å². The van der Waals surface area contributed by atoms with Crippen LogP contribution >= 0.6 is 0 Å². The van der Waals surface area contributed by atoms with E-state index in [0.717, 1.165) is 0 Å². The van der Waals surface area contributed by atoms with Crippen LogP contribution in [0.2, 0.25) is 0 Å². The lowest BCUT2D eigenvalue weighted by Crippen LogP contribution is -2.34. The molecule has 5 heteroatoms. The number of hydrogen-bond acceptors (Lipinski definition) is 4. The molecule has 1 saturated carbocycles. The van der Waals surface area contributed by atoms with E-state index in [1.54, 1.807) is 30.3 Å². The minimum atomic E-state index is -3.47. The Morgan fingerprint density at radius 3 is 2.50 bits per heavy atom. The molecule has 0 amide bonds. The molecule has 0 bridgehead atoms. The van der Waals surface area contributed by atoms with Gasteiger partial charge in [0.15, 0.2) is 9.84 Å². The molecule has 2 aliphatic rings. The number of epoxide rings is 1. The number of aliphatic hydroxyl groups is 1. The molecule has 1 aromatic rings. The summed E-state index contributed by atoms with van der Waals surface area (Å²) in [6, 6.07) is 8.23. The van der Waals surface area contributed by atoms with Crippen LogP contribution in [0.1, 0.15) is 6.42 Å². The summed E-state index contributed by atoms with van der Waals surface area (Å²) in [6.45, 7) is 0. The predicted octanol–water partition coefficient (Wildman–Crippen LogP) is 0.361. The number of hydrogen-bond donors (Lipinski definition) is 1. The van der Waals surface area contributed by atoms with Crippen LogP contribution in [0.4, 0.5) is 0 Å². The molecule has 0 unspecified atom stereocenters. The number of rotatable bonds is 2. The number of aliphatic hydroxyl groups excluding tert-OH is 1. The second kappa shape index (κ2) is 3.29. The third kappa shape index (κ3) is 1.39. The normalized spacial score (nSPS) is 37.1. The first kappa shape index (κ1) is 10.3. The zero-order valence-corrected chi connectivity index (χ0v) is 9.30. The molecule has 1 aliphatic carbocycles. The summed E-state index contributed by atoms with van der Waals surface area (Å²) in [5.41, 5.74) is 0. The van der Waals surface area contributed by atoms with E-state index in [1.807, 2.05) is 0 Å². The summed E-state index contributed by atoms with van der Waals surface area (Å²) in [5.74, 6) is 0. The largest absolute Gasteiger partial charge is 0.392 e. The van der Waals surface area contributed by atoms with Crippen LogP contribution in [-0.2, 0) is 14.6 Å². The summed E-state index contributed by atoms with van der Waals surface area (Å²) < 4.78 is 29.7. The Balaban J connectivity index is 2.00. The highest BCUT2D eigenvalue weighted by Crippen LogP contribution is 2.43. The summed E-state index contributed by atoms with van der Waals surface area (Å²) in [4.78, 5) is 0.259. The molecular weight excluding hydrogens is 228 g/mol. The van der Waals surface area contributed by atoms with Crippen LogP contribution in [0.25, 0.3) is 0 Å². The first-order chi connectivity index (χ1) is 7.60. The van der Waals surface area contributed by atoms with Crippen LogP contribution in [0.5, 0.6) is 0 Å². The van der Waals surface area contributed by atoms with Gasteiger partial charge >= 0.3 is 0 Å². The minimum absolute atomic E-state index is 0.0570. The molecule has 1 heterocycles. The zero-order chi connectivity index (χ0) is 11.3. The molecule has 2 fully saturated rings. The van der Waals surface area contributed by atoms with Crippen LogP contribution < -0.4 is 0 Å². The van der Waals surface area contributed by atoms with Crippen molar-refractivity contribution in [2.24, 2.45) is 0 Å². The Bertz CT molecular complexity index is 494. The zero-order valence-electron chi connectivity index (χ0n) is 8.48. The average molecular weight is 240 g/mol. The Kier molecular flexibility index (Phi) is 2.11. The Labute approximate surface area is 93.8 Å².